The summed E-state index contributed by atoms with van der Waals surface area (Å²) in [4.78, 5) is 14.1. The number of amides is 1. The maximum Gasteiger partial charge on any atom is 0.224 e. The number of halogens is 1. The topological polar surface area (TPSA) is 66.5 Å². The van der Waals surface area contributed by atoms with E-state index in [-0.39, 0.29) is 23.3 Å². The monoisotopic (exact) mass is 328 g/mol. The minimum absolute atomic E-state index is 0.0440. The Bertz CT molecular complexity index is 631. The van der Waals surface area contributed by atoms with Gasteiger partial charge in [0, 0.05) is 32.1 Å². The van der Waals surface area contributed by atoms with Gasteiger partial charge in [0.1, 0.15) is 5.82 Å². The summed E-state index contributed by atoms with van der Waals surface area (Å²) in [5, 5.41) is 2.35. The Balaban J connectivity index is 2.08. The molecule has 0 aromatic heterocycles. The van der Waals surface area contributed by atoms with Gasteiger partial charge in [0.25, 0.3) is 0 Å². The second-order valence-electron chi connectivity index (χ2n) is 5.65. The van der Waals surface area contributed by atoms with Crippen LogP contribution in [0.15, 0.2) is 29.2 Å². The van der Waals surface area contributed by atoms with Gasteiger partial charge in [-0.1, -0.05) is 0 Å². The fourth-order valence-electron chi connectivity index (χ4n) is 2.54. The molecule has 1 aliphatic rings. The van der Waals surface area contributed by atoms with Gasteiger partial charge < -0.3 is 10.2 Å². The molecule has 22 heavy (non-hydrogen) atoms. The van der Waals surface area contributed by atoms with Crippen LogP contribution >= 0.6 is 0 Å². The Labute approximate surface area is 130 Å². The van der Waals surface area contributed by atoms with E-state index in [1.165, 1.54) is 19.1 Å². The molecule has 7 heteroatoms. The quantitative estimate of drug-likeness (QED) is 0.844. The lowest BCUT2D eigenvalue weighted by molar-refractivity contribution is -0.133. The van der Waals surface area contributed by atoms with Crippen molar-refractivity contribution in [2.45, 2.75) is 36.5 Å². The summed E-state index contributed by atoms with van der Waals surface area (Å²) in [7, 11) is -3.64. The predicted octanol–water partition coefficient (Wildman–Crippen LogP) is 1.20. The van der Waals surface area contributed by atoms with Crippen LogP contribution in [0.1, 0.15) is 20.3 Å². The molecule has 1 aromatic carbocycles. The molecule has 0 bridgehead atoms. The molecule has 122 valence electrons. The van der Waals surface area contributed by atoms with E-state index >= 15 is 0 Å². The third kappa shape index (κ3) is 3.64. The molecule has 1 saturated heterocycles. The predicted molar refractivity (Wildman–Crippen MR) is 81.7 cm³/mol. The van der Waals surface area contributed by atoms with Crippen molar-refractivity contribution in [3.63, 3.8) is 0 Å². The summed E-state index contributed by atoms with van der Waals surface area (Å²) >= 11 is 0. The number of nitrogens with one attached hydrogen (secondary N) is 1. The van der Waals surface area contributed by atoms with Crippen LogP contribution in [0.25, 0.3) is 0 Å². The molecule has 0 saturated carbocycles. The zero-order valence-electron chi connectivity index (χ0n) is 12.8. The van der Waals surface area contributed by atoms with Gasteiger partial charge in [-0.2, -0.15) is 0 Å². The first-order valence-electron chi connectivity index (χ1n) is 7.32. The van der Waals surface area contributed by atoms with Gasteiger partial charge in [-0.25, -0.2) is 12.8 Å². The number of hydrogen-bond donors (Lipinski definition) is 1. The SMILES string of the molecule is CC(CC(=O)N1CCNC[C@H]1C)S(=O)(=O)c1ccc(F)cc1. The summed E-state index contributed by atoms with van der Waals surface area (Å²) < 4.78 is 37.8. The Kier molecular flexibility index (Phi) is 5.18. The molecule has 5 nitrogen and oxygen atoms in total. The molecular weight excluding hydrogens is 307 g/mol. The average molecular weight is 328 g/mol. The van der Waals surface area contributed by atoms with Crippen LogP contribution in [0, 0.1) is 5.82 Å². The van der Waals surface area contributed by atoms with Crippen LogP contribution < -0.4 is 5.32 Å². The van der Waals surface area contributed by atoms with E-state index in [0.717, 1.165) is 18.7 Å². The highest BCUT2D eigenvalue weighted by Crippen LogP contribution is 2.20. The lowest BCUT2D eigenvalue weighted by Crippen LogP contribution is -2.52. The zero-order valence-corrected chi connectivity index (χ0v) is 13.6. The molecule has 1 aliphatic heterocycles. The van der Waals surface area contributed by atoms with Crippen molar-refractivity contribution in [1.29, 1.82) is 0 Å². The van der Waals surface area contributed by atoms with Gasteiger partial charge in [0.15, 0.2) is 9.84 Å². The third-order valence-electron chi connectivity index (χ3n) is 3.96. The molecular formula is C15H21FN2O3S. The minimum Gasteiger partial charge on any atom is -0.337 e. The Morgan fingerprint density at radius 3 is 2.64 bits per heavy atom. The molecule has 1 aromatic rings. The van der Waals surface area contributed by atoms with Gasteiger partial charge in [-0.15, -0.1) is 0 Å². The minimum atomic E-state index is -3.64. The van der Waals surface area contributed by atoms with Gasteiger partial charge in [0.2, 0.25) is 5.91 Å². The van der Waals surface area contributed by atoms with Crippen molar-refractivity contribution < 1.29 is 17.6 Å². The summed E-state index contributed by atoms with van der Waals surface area (Å²) in [5.74, 6) is -0.649. The molecule has 2 rings (SSSR count). The largest absolute Gasteiger partial charge is 0.337 e. The fraction of sp³-hybridized carbons (Fsp3) is 0.533. The van der Waals surface area contributed by atoms with Crippen LogP contribution in [0.4, 0.5) is 4.39 Å². The Morgan fingerprint density at radius 1 is 1.41 bits per heavy atom. The fourth-order valence-corrected chi connectivity index (χ4v) is 3.88. The van der Waals surface area contributed by atoms with Crippen molar-refractivity contribution in [1.82, 2.24) is 10.2 Å². The van der Waals surface area contributed by atoms with Crippen LogP contribution in [0.2, 0.25) is 0 Å². The molecule has 0 spiro atoms. The van der Waals surface area contributed by atoms with Crippen molar-refractivity contribution >= 4 is 15.7 Å². The summed E-state index contributed by atoms with van der Waals surface area (Å²) in [6, 6.07) is 4.75. The van der Waals surface area contributed by atoms with Crippen LogP contribution in [0.5, 0.6) is 0 Å². The lowest BCUT2D eigenvalue weighted by Gasteiger charge is -2.34. The van der Waals surface area contributed by atoms with Crippen molar-refractivity contribution in [3.05, 3.63) is 30.1 Å². The molecule has 1 amide bonds. The number of sulfone groups is 1. The number of carbonyl (C=O) groups is 1. The number of nitrogens with zero attached hydrogens (tertiary/aromatic N) is 1. The highest BCUT2D eigenvalue weighted by atomic mass is 32.2. The third-order valence-corrected chi connectivity index (χ3v) is 6.11. The smallest absolute Gasteiger partial charge is 0.224 e. The Hall–Kier alpha value is -1.47. The molecule has 1 unspecified atom stereocenters. The second kappa shape index (κ2) is 6.75. The lowest BCUT2D eigenvalue weighted by atomic mass is 10.2. The second-order valence-corrected chi connectivity index (χ2v) is 8.02. The van der Waals surface area contributed by atoms with E-state index in [4.69, 9.17) is 0 Å². The average Bonchev–Trinajstić information content (AvgIpc) is 2.48. The van der Waals surface area contributed by atoms with Crippen LogP contribution in [0.3, 0.4) is 0 Å². The highest BCUT2D eigenvalue weighted by Gasteiger charge is 2.30. The van der Waals surface area contributed by atoms with Gasteiger partial charge in [0.05, 0.1) is 10.1 Å². The van der Waals surface area contributed by atoms with Crippen LogP contribution in [-0.4, -0.2) is 50.2 Å². The number of rotatable bonds is 4. The summed E-state index contributed by atoms with van der Waals surface area (Å²) in [6.45, 7) is 5.47. The zero-order chi connectivity index (χ0) is 16.3. The maximum absolute atomic E-state index is 12.9. The summed E-state index contributed by atoms with van der Waals surface area (Å²) in [6.07, 6.45) is -0.0654. The standard InChI is InChI=1S/C15H21FN2O3S/c1-11-10-17-7-8-18(11)15(19)9-12(2)22(20,21)14-5-3-13(16)4-6-14/h3-6,11-12,17H,7-10H2,1-2H3/t11-,12?/m1/s1. The molecule has 1 fully saturated rings. The van der Waals surface area contributed by atoms with Crippen molar-refractivity contribution in [2.24, 2.45) is 0 Å². The van der Waals surface area contributed by atoms with E-state index in [1.54, 1.807) is 4.90 Å². The first-order chi connectivity index (χ1) is 10.3. The van der Waals surface area contributed by atoms with Crippen molar-refractivity contribution in [3.8, 4) is 0 Å². The van der Waals surface area contributed by atoms with E-state index in [9.17, 15) is 17.6 Å². The first kappa shape index (κ1) is 16.9. The van der Waals surface area contributed by atoms with E-state index in [2.05, 4.69) is 5.32 Å². The Morgan fingerprint density at radius 2 is 2.05 bits per heavy atom. The molecule has 1 N–H and O–H groups in total. The van der Waals surface area contributed by atoms with Crippen molar-refractivity contribution in [2.75, 3.05) is 19.6 Å². The summed E-state index contributed by atoms with van der Waals surface area (Å²) in [5.41, 5.74) is 0. The van der Waals surface area contributed by atoms with E-state index < -0.39 is 20.9 Å². The number of benzene rings is 1. The highest BCUT2D eigenvalue weighted by molar-refractivity contribution is 7.92. The maximum atomic E-state index is 12.9. The van der Waals surface area contributed by atoms with E-state index in [0.29, 0.717) is 13.1 Å². The van der Waals surface area contributed by atoms with Gasteiger partial charge in [-0.3, -0.25) is 4.79 Å². The molecule has 1 heterocycles. The number of carbonyl (C=O) groups excluding carboxylic acids is 1. The first-order valence-corrected chi connectivity index (χ1v) is 8.86. The molecule has 2 atom stereocenters. The number of piperazine rings is 1. The molecule has 0 radical (unpaired) electrons. The van der Waals surface area contributed by atoms with Crippen LogP contribution in [-0.2, 0) is 14.6 Å². The molecule has 0 aliphatic carbocycles. The number of hydrogen-bond acceptors (Lipinski definition) is 4. The normalized spacial score (nSPS) is 20.7. The van der Waals surface area contributed by atoms with Gasteiger partial charge >= 0.3 is 0 Å². The van der Waals surface area contributed by atoms with Gasteiger partial charge in [-0.05, 0) is 38.1 Å². The van der Waals surface area contributed by atoms with E-state index in [1.807, 2.05) is 6.92 Å².